The predicted octanol–water partition coefficient (Wildman–Crippen LogP) is 1.09. The van der Waals surface area contributed by atoms with Crippen molar-refractivity contribution in [1.82, 2.24) is 5.32 Å². The Bertz CT molecular complexity index is 348. The van der Waals surface area contributed by atoms with E-state index in [9.17, 15) is 9.59 Å². The topological polar surface area (TPSA) is 79.2 Å². The number of ether oxygens (including phenoxy) is 1. The third-order valence-corrected chi connectivity index (χ3v) is 4.19. The summed E-state index contributed by atoms with van der Waals surface area (Å²) in [6, 6.07) is 1.97. The van der Waals surface area contributed by atoms with Crippen LogP contribution in [-0.2, 0) is 14.3 Å². The van der Waals surface area contributed by atoms with Crippen LogP contribution in [0.2, 0.25) is 0 Å². The maximum absolute atomic E-state index is 11.4. The smallest absolute Gasteiger partial charge is 0.306 e. The van der Waals surface area contributed by atoms with E-state index in [1.807, 2.05) is 6.07 Å². The standard InChI is InChI=1S/C12H18N2O3S/c1-17-11(16)7-12(3-4-12)9-18-8-10(15)14-6-2-5-13/h2-4,6-9H2,1H3,(H,14,15). The molecule has 100 valence electrons. The minimum Gasteiger partial charge on any atom is -0.469 e. The highest BCUT2D eigenvalue weighted by molar-refractivity contribution is 7.99. The van der Waals surface area contributed by atoms with Crippen molar-refractivity contribution in [2.45, 2.75) is 25.7 Å². The summed E-state index contributed by atoms with van der Waals surface area (Å²) in [5.41, 5.74) is 0.0602. The highest BCUT2D eigenvalue weighted by Crippen LogP contribution is 2.51. The molecule has 1 amide bonds. The molecule has 0 aromatic rings. The van der Waals surface area contributed by atoms with Gasteiger partial charge in [0.25, 0.3) is 0 Å². The minimum atomic E-state index is -0.174. The molecule has 0 spiro atoms. The molecule has 18 heavy (non-hydrogen) atoms. The summed E-state index contributed by atoms with van der Waals surface area (Å²) in [6.07, 6.45) is 2.85. The van der Waals surface area contributed by atoms with Gasteiger partial charge in [-0.05, 0) is 24.0 Å². The van der Waals surface area contributed by atoms with Crippen LogP contribution in [0.15, 0.2) is 0 Å². The van der Waals surface area contributed by atoms with Crippen molar-refractivity contribution in [3.05, 3.63) is 0 Å². The molecule has 0 unspecified atom stereocenters. The maximum atomic E-state index is 11.4. The first-order chi connectivity index (χ1) is 8.62. The van der Waals surface area contributed by atoms with Gasteiger partial charge < -0.3 is 10.1 Å². The average Bonchev–Trinajstić information content (AvgIpc) is 3.09. The largest absolute Gasteiger partial charge is 0.469 e. The number of methoxy groups -OCH3 is 1. The van der Waals surface area contributed by atoms with Crippen LogP contribution < -0.4 is 5.32 Å². The quantitative estimate of drug-likeness (QED) is 0.527. The molecular weight excluding hydrogens is 252 g/mol. The number of nitriles is 1. The van der Waals surface area contributed by atoms with Crippen LogP contribution in [0.5, 0.6) is 0 Å². The summed E-state index contributed by atoms with van der Waals surface area (Å²) in [5, 5.41) is 11.0. The predicted molar refractivity (Wildman–Crippen MR) is 68.9 cm³/mol. The lowest BCUT2D eigenvalue weighted by Crippen LogP contribution is -2.26. The van der Waals surface area contributed by atoms with Crippen LogP contribution in [-0.4, -0.2) is 37.0 Å². The van der Waals surface area contributed by atoms with Crippen molar-refractivity contribution in [1.29, 1.82) is 5.26 Å². The van der Waals surface area contributed by atoms with E-state index in [1.165, 1.54) is 18.9 Å². The van der Waals surface area contributed by atoms with E-state index in [-0.39, 0.29) is 17.3 Å². The summed E-state index contributed by atoms with van der Waals surface area (Å²) in [5.74, 6) is 0.970. The zero-order valence-corrected chi connectivity index (χ0v) is 11.3. The molecule has 1 rings (SSSR count). The van der Waals surface area contributed by atoms with E-state index < -0.39 is 0 Å². The van der Waals surface area contributed by atoms with Gasteiger partial charge in [-0.25, -0.2) is 0 Å². The first-order valence-corrected chi connectivity index (χ1v) is 7.05. The summed E-state index contributed by atoms with van der Waals surface area (Å²) in [6.45, 7) is 0.406. The number of thioether (sulfide) groups is 1. The second-order valence-electron chi connectivity index (χ2n) is 4.50. The second-order valence-corrected chi connectivity index (χ2v) is 5.49. The Morgan fingerprint density at radius 1 is 1.50 bits per heavy atom. The highest BCUT2D eigenvalue weighted by atomic mass is 32.2. The van der Waals surface area contributed by atoms with Gasteiger partial charge in [0.2, 0.25) is 5.91 Å². The van der Waals surface area contributed by atoms with E-state index in [0.717, 1.165) is 18.6 Å². The van der Waals surface area contributed by atoms with Crippen LogP contribution in [0.3, 0.4) is 0 Å². The number of hydrogen-bond donors (Lipinski definition) is 1. The minimum absolute atomic E-state index is 0.0517. The van der Waals surface area contributed by atoms with Crippen LogP contribution in [0.4, 0.5) is 0 Å². The van der Waals surface area contributed by atoms with Crippen molar-refractivity contribution in [3.8, 4) is 6.07 Å². The zero-order valence-electron chi connectivity index (χ0n) is 10.5. The number of carbonyl (C=O) groups is 2. The van der Waals surface area contributed by atoms with Gasteiger partial charge in [0, 0.05) is 6.54 Å². The molecule has 6 heteroatoms. The lowest BCUT2D eigenvalue weighted by atomic mass is 10.1. The molecule has 1 aliphatic rings. The average molecular weight is 270 g/mol. The maximum Gasteiger partial charge on any atom is 0.306 e. The zero-order chi connectivity index (χ0) is 13.4. The first kappa shape index (κ1) is 14.8. The van der Waals surface area contributed by atoms with Crippen molar-refractivity contribution < 1.29 is 14.3 Å². The Hall–Kier alpha value is -1.22. The lowest BCUT2D eigenvalue weighted by Gasteiger charge is -2.12. The summed E-state index contributed by atoms with van der Waals surface area (Å²) < 4.78 is 4.66. The lowest BCUT2D eigenvalue weighted by molar-refractivity contribution is -0.141. The van der Waals surface area contributed by atoms with Crippen LogP contribution in [0.1, 0.15) is 25.7 Å². The Morgan fingerprint density at radius 2 is 2.22 bits per heavy atom. The molecule has 0 aromatic heterocycles. The molecule has 0 aliphatic heterocycles. The Morgan fingerprint density at radius 3 is 2.78 bits per heavy atom. The number of nitrogens with zero attached hydrogens (tertiary/aromatic N) is 1. The normalized spacial score (nSPS) is 15.6. The summed E-state index contributed by atoms with van der Waals surface area (Å²) in [4.78, 5) is 22.6. The van der Waals surface area contributed by atoms with Crippen molar-refractivity contribution >= 4 is 23.6 Å². The fourth-order valence-electron chi connectivity index (χ4n) is 1.60. The highest BCUT2D eigenvalue weighted by Gasteiger charge is 2.44. The molecule has 0 atom stereocenters. The molecule has 1 fully saturated rings. The fraction of sp³-hybridized carbons (Fsp3) is 0.750. The van der Waals surface area contributed by atoms with Gasteiger partial charge in [-0.3, -0.25) is 9.59 Å². The van der Waals surface area contributed by atoms with E-state index in [2.05, 4.69) is 10.1 Å². The van der Waals surface area contributed by atoms with Gasteiger partial charge in [-0.1, -0.05) is 0 Å². The number of amides is 1. The molecule has 0 aromatic carbocycles. The fourth-order valence-corrected chi connectivity index (χ4v) is 2.81. The SMILES string of the molecule is COC(=O)CC1(CSCC(=O)NCCC#N)CC1. The van der Waals surface area contributed by atoms with Gasteiger partial charge >= 0.3 is 5.97 Å². The Kier molecular flexibility index (Phi) is 5.99. The Balaban J connectivity index is 2.12. The monoisotopic (exact) mass is 270 g/mol. The molecule has 0 bridgehead atoms. The number of esters is 1. The summed E-state index contributed by atoms with van der Waals surface area (Å²) in [7, 11) is 1.40. The number of carbonyl (C=O) groups excluding carboxylic acids is 2. The molecule has 1 saturated carbocycles. The number of hydrogen-bond acceptors (Lipinski definition) is 5. The second kappa shape index (κ2) is 7.27. The van der Waals surface area contributed by atoms with E-state index in [4.69, 9.17) is 5.26 Å². The Labute approximate surface area is 111 Å². The van der Waals surface area contributed by atoms with E-state index in [1.54, 1.807) is 0 Å². The van der Waals surface area contributed by atoms with Gasteiger partial charge in [0.1, 0.15) is 0 Å². The third-order valence-electron chi connectivity index (χ3n) is 2.90. The molecule has 1 N–H and O–H groups in total. The van der Waals surface area contributed by atoms with Gasteiger partial charge in [-0.15, -0.1) is 0 Å². The van der Waals surface area contributed by atoms with Crippen molar-refractivity contribution in [2.75, 3.05) is 25.2 Å². The van der Waals surface area contributed by atoms with E-state index in [0.29, 0.717) is 25.1 Å². The van der Waals surface area contributed by atoms with Crippen molar-refractivity contribution in [3.63, 3.8) is 0 Å². The summed E-state index contributed by atoms with van der Waals surface area (Å²) >= 11 is 1.54. The first-order valence-electron chi connectivity index (χ1n) is 5.90. The number of rotatable bonds is 8. The van der Waals surface area contributed by atoms with Crippen LogP contribution in [0.25, 0.3) is 0 Å². The molecule has 5 nitrogen and oxygen atoms in total. The molecule has 1 aliphatic carbocycles. The molecule has 0 saturated heterocycles. The third kappa shape index (κ3) is 5.41. The van der Waals surface area contributed by atoms with Crippen molar-refractivity contribution in [2.24, 2.45) is 5.41 Å². The van der Waals surface area contributed by atoms with Crippen LogP contribution >= 0.6 is 11.8 Å². The van der Waals surface area contributed by atoms with Gasteiger partial charge in [0.05, 0.1) is 31.8 Å². The molecule has 0 heterocycles. The number of nitrogens with one attached hydrogen (secondary N) is 1. The molecular formula is C12H18N2O3S. The molecule has 0 radical (unpaired) electrons. The van der Waals surface area contributed by atoms with Gasteiger partial charge in [-0.2, -0.15) is 17.0 Å². The van der Waals surface area contributed by atoms with Gasteiger partial charge in [0.15, 0.2) is 0 Å². The van der Waals surface area contributed by atoms with E-state index >= 15 is 0 Å². The van der Waals surface area contributed by atoms with Crippen LogP contribution in [0, 0.1) is 16.7 Å².